The summed E-state index contributed by atoms with van der Waals surface area (Å²) < 4.78 is 0.864. The Labute approximate surface area is 112 Å². The van der Waals surface area contributed by atoms with Crippen LogP contribution in [0.4, 0.5) is 5.82 Å². The van der Waals surface area contributed by atoms with Crippen molar-refractivity contribution < 1.29 is 4.79 Å². The van der Waals surface area contributed by atoms with E-state index in [0.29, 0.717) is 23.8 Å². The van der Waals surface area contributed by atoms with Gasteiger partial charge >= 0.3 is 0 Å². The molecule has 0 bridgehead atoms. The monoisotopic (exact) mass is 346 g/mol. The standard InChI is InChI=1S/C11H8ClIN2O/c1-2-7-3-11(16)15(6-7)10-4-8(12)9(13)5-14-10/h1,4-5,7H,3,6H2. The van der Waals surface area contributed by atoms with Crippen molar-refractivity contribution in [2.45, 2.75) is 6.42 Å². The Hall–Kier alpha value is -0.800. The Morgan fingerprint density at radius 3 is 3.00 bits per heavy atom. The molecular formula is C11H8ClIN2O. The number of hydrogen-bond donors (Lipinski definition) is 0. The van der Waals surface area contributed by atoms with Crippen LogP contribution in [0.25, 0.3) is 0 Å². The van der Waals surface area contributed by atoms with Crippen LogP contribution in [-0.2, 0) is 4.79 Å². The fraction of sp³-hybridized carbons (Fsp3) is 0.273. The van der Waals surface area contributed by atoms with Crippen molar-refractivity contribution in [2.24, 2.45) is 5.92 Å². The zero-order valence-corrected chi connectivity index (χ0v) is 11.2. The largest absolute Gasteiger partial charge is 0.295 e. The molecule has 0 radical (unpaired) electrons. The lowest BCUT2D eigenvalue weighted by atomic mass is 10.1. The van der Waals surface area contributed by atoms with E-state index in [0.717, 1.165) is 3.57 Å². The molecule has 1 amide bonds. The van der Waals surface area contributed by atoms with E-state index in [1.165, 1.54) is 0 Å². The van der Waals surface area contributed by atoms with E-state index >= 15 is 0 Å². The number of rotatable bonds is 1. The lowest BCUT2D eigenvalue weighted by Crippen LogP contribution is -2.25. The highest BCUT2D eigenvalue weighted by atomic mass is 127. The lowest BCUT2D eigenvalue weighted by Gasteiger charge is -2.14. The van der Waals surface area contributed by atoms with E-state index in [1.807, 2.05) is 0 Å². The van der Waals surface area contributed by atoms with Gasteiger partial charge in [-0.1, -0.05) is 11.6 Å². The first-order chi connectivity index (χ1) is 7.61. The predicted octanol–water partition coefficient (Wildman–Crippen LogP) is 2.33. The van der Waals surface area contributed by atoms with Gasteiger partial charge in [-0.15, -0.1) is 12.3 Å². The van der Waals surface area contributed by atoms with Crippen LogP contribution in [0.15, 0.2) is 12.3 Å². The summed E-state index contributed by atoms with van der Waals surface area (Å²) in [6.07, 6.45) is 7.35. The van der Waals surface area contributed by atoms with Gasteiger partial charge in [0.05, 0.1) is 8.59 Å². The van der Waals surface area contributed by atoms with Gasteiger partial charge < -0.3 is 0 Å². The minimum atomic E-state index is -0.0210. The lowest BCUT2D eigenvalue weighted by molar-refractivity contribution is -0.117. The molecule has 0 saturated carbocycles. The maximum absolute atomic E-state index is 11.7. The molecule has 1 unspecified atom stereocenters. The summed E-state index contributed by atoms with van der Waals surface area (Å²) >= 11 is 8.08. The molecule has 1 aliphatic heterocycles. The summed E-state index contributed by atoms with van der Waals surface area (Å²) in [5.74, 6) is 3.16. The number of anilines is 1. The molecule has 5 heteroatoms. The Balaban J connectivity index is 2.29. The predicted molar refractivity (Wildman–Crippen MR) is 71.3 cm³/mol. The van der Waals surface area contributed by atoms with E-state index in [9.17, 15) is 4.79 Å². The number of halogens is 2. The Morgan fingerprint density at radius 1 is 1.69 bits per heavy atom. The smallest absolute Gasteiger partial charge is 0.229 e. The third-order valence-electron chi connectivity index (χ3n) is 2.43. The highest BCUT2D eigenvalue weighted by Gasteiger charge is 2.30. The van der Waals surface area contributed by atoms with Crippen LogP contribution in [-0.4, -0.2) is 17.4 Å². The summed E-state index contributed by atoms with van der Waals surface area (Å²) in [5, 5.41) is 0.600. The Kier molecular flexibility index (Phi) is 3.36. The Morgan fingerprint density at radius 2 is 2.44 bits per heavy atom. The summed E-state index contributed by atoms with van der Waals surface area (Å²) in [6, 6.07) is 1.69. The maximum Gasteiger partial charge on any atom is 0.229 e. The molecule has 3 nitrogen and oxygen atoms in total. The van der Waals surface area contributed by atoms with Crippen molar-refractivity contribution in [3.05, 3.63) is 20.9 Å². The van der Waals surface area contributed by atoms with Crippen molar-refractivity contribution in [2.75, 3.05) is 11.4 Å². The van der Waals surface area contributed by atoms with Gasteiger partial charge in [0.15, 0.2) is 0 Å². The molecule has 1 saturated heterocycles. The second-order valence-corrected chi connectivity index (χ2v) is 5.10. The van der Waals surface area contributed by atoms with Crippen molar-refractivity contribution in [1.29, 1.82) is 0 Å². The quantitative estimate of drug-likeness (QED) is 0.578. The molecule has 1 aliphatic rings. The average Bonchev–Trinajstić information content (AvgIpc) is 2.64. The molecule has 0 aromatic carbocycles. The van der Waals surface area contributed by atoms with Gasteiger partial charge in [-0.05, 0) is 22.6 Å². The number of pyridine rings is 1. The molecule has 2 heterocycles. The van der Waals surface area contributed by atoms with Gasteiger partial charge in [-0.2, -0.15) is 0 Å². The van der Waals surface area contributed by atoms with Gasteiger partial charge in [0.25, 0.3) is 0 Å². The summed E-state index contributed by atoms with van der Waals surface area (Å²) in [5.41, 5.74) is 0. The van der Waals surface area contributed by atoms with Crippen LogP contribution in [0.3, 0.4) is 0 Å². The number of hydrogen-bond acceptors (Lipinski definition) is 2. The second kappa shape index (κ2) is 4.60. The molecule has 0 spiro atoms. The number of amides is 1. The SMILES string of the molecule is C#CC1CC(=O)N(c2cc(Cl)c(I)cn2)C1. The van der Waals surface area contributed by atoms with E-state index in [-0.39, 0.29) is 11.8 Å². The zero-order chi connectivity index (χ0) is 11.7. The van der Waals surface area contributed by atoms with Crippen molar-refractivity contribution in [1.82, 2.24) is 4.98 Å². The van der Waals surface area contributed by atoms with Crippen LogP contribution in [0.5, 0.6) is 0 Å². The van der Waals surface area contributed by atoms with Crippen LogP contribution in [0.1, 0.15) is 6.42 Å². The number of aromatic nitrogens is 1. The number of terminal acetylenes is 1. The van der Waals surface area contributed by atoms with Gasteiger partial charge in [-0.25, -0.2) is 4.98 Å². The van der Waals surface area contributed by atoms with Crippen LogP contribution < -0.4 is 4.90 Å². The maximum atomic E-state index is 11.7. The normalized spacial score (nSPS) is 19.9. The molecule has 2 rings (SSSR count). The summed E-state index contributed by atoms with van der Waals surface area (Å²) in [6.45, 7) is 0.527. The van der Waals surface area contributed by atoms with E-state index < -0.39 is 0 Å². The first kappa shape index (κ1) is 11.7. The fourth-order valence-electron chi connectivity index (χ4n) is 1.59. The summed E-state index contributed by atoms with van der Waals surface area (Å²) in [4.78, 5) is 17.5. The van der Waals surface area contributed by atoms with Gasteiger partial charge in [-0.3, -0.25) is 9.69 Å². The van der Waals surface area contributed by atoms with Gasteiger partial charge in [0.2, 0.25) is 5.91 Å². The van der Waals surface area contributed by atoms with Crippen LogP contribution in [0.2, 0.25) is 5.02 Å². The van der Waals surface area contributed by atoms with E-state index in [1.54, 1.807) is 17.2 Å². The molecular weight excluding hydrogens is 338 g/mol. The van der Waals surface area contributed by atoms with Gasteiger partial charge in [0.1, 0.15) is 5.82 Å². The molecule has 0 N–H and O–H groups in total. The highest BCUT2D eigenvalue weighted by Crippen LogP contribution is 2.27. The van der Waals surface area contributed by atoms with Crippen molar-refractivity contribution in [3.8, 4) is 12.3 Å². The number of carbonyl (C=O) groups is 1. The highest BCUT2D eigenvalue weighted by molar-refractivity contribution is 14.1. The number of nitrogens with zero attached hydrogens (tertiary/aromatic N) is 2. The second-order valence-electron chi connectivity index (χ2n) is 3.53. The van der Waals surface area contributed by atoms with Gasteiger partial charge in [0, 0.05) is 31.1 Å². The van der Waals surface area contributed by atoms with Crippen molar-refractivity contribution >= 4 is 45.9 Å². The van der Waals surface area contributed by atoms with Crippen molar-refractivity contribution in [3.63, 3.8) is 0 Å². The first-order valence-corrected chi connectivity index (χ1v) is 6.15. The topological polar surface area (TPSA) is 33.2 Å². The first-order valence-electron chi connectivity index (χ1n) is 4.69. The molecule has 0 aliphatic carbocycles. The molecule has 1 atom stereocenters. The molecule has 82 valence electrons. The minimum Gasteiger partial charge on any atom is -0.295 e. The molecule has 1 aromatic heterocycles. The minimum absolute atomic E-state index is 0.00715. The third-order valence-corrected chi connectivity index (χ3v) is 3.92. The fourth-order valence-corrected chi connectivity index (χ4v) is 2.03. The van der Waals surface area contributed by atoms with E-state index in [2.05, 4.69) is 33.5 Å². The average molecular weight is 347 g/mol. The third kappa shape index (κ3) is 2.15. The zero-order valence-electron chi connectivity index (χ0n) is 8.28. The number of carbonyl (C=O) groups excluding carboxylic acids is 1. The summed E-state index contributed by atoms with van der Waals surface area (Å²) in [7, 11) is 0. The van der Waals surface area contributed by atoms with E-state index in [4.69, 9.17) is 18.0 Å². The molecule has 1 aromatic rings. The Bertz CT molecular complexity index is 483. The molecule has 16 heavy (non-hydrogen) atoms. The molecule has 1 fully saturated rings. The van der Waals surface area contributed by atoms with Crippen LogP contribution in [0, 0.1) is 21.8 Å². The van der Waals surface area contributed by atoms with Crippen LogP contribution >= 0.6 is 34.2 Å².